The molecule has 1 aliphatic rings. The summed E-state index contributed by atoms with van der Waals surface area (Å²) in [7, 11) is 1.80. The van der Waals surface area contributed by atoms with Crippen LogP contribution in [-0.4, -0.2) is 49.3 Å². The number of carbonyl (C=O) groups excluding carboxylic acids is 2. The van der Waals surface area contributed by atoms with Crippen LogP contribution in [0, 0.1) is 0 Å². The SMILES string of the molecule is C=CC1=C(/C=C\C)C(COC(=O)NCCC=O)c2ccccc21.CCc1ccc(O)c(NC)c1.O=CO. The van der Waals surface area contributed by atoms with Gasteiger partial charge in [0.2, 0.25) is 0 Å². The average Bonchev–Trinajstić information content (AvgIpc) is 3.21. The van der Waals surface area contributed by atoms with Gasteiger partial charge in [-0.25, -0.2) is 4.79 Å². The number of allylic oxidation sites excluding steroid dienone is 4. The minimum atomic E-state index is -0.504. The van der Waals surface area contributed by atoms with Crippen LogP contribution in [0.4, 0.5) is 10.5 Å². The summed E-state index contributed by atoms with van der Waals surface area (Å²) in [4.78, 5) is 30.3. The predicted octanol–water partition coefficient (Wildman–Crippen LogP) is 5.31. The third-order valence-corrected chi connectivity index (χ3v) is 5.51. The van der Waals surface area contributed by atoms with Gasteiger partial charge in [-0.05, 0) is 53.3 Å². The molecule has 1 unspecified atom stereocenters. The molecule has 0 bridgehead atoms. The van der Waals surface area contributed by atoms with Crippen molar-refractivity contribution in [1.29, 1.82) is 0 Å². The highest BCUT2D eigenvalue weighted by Gasteiger charge is 2.29. The number of rotatable bonds is 9. The van der Waals surface area contributed by atoms with Crippen LogP contribution in [0.2, 0.25) is 0 Å². The first kappa shape index (κ1) is 30.7. The van der Waals surface area contributed by atoms with E-state index in [-0.39, 0.29) is 25.4 Å². The lowest BCUT2D eigenvalue weighted by Gasteiger charge is -2.15. The van der Waals surface area contributed by atoms with Gasteiger partial charge in [-0.3, -0.25) is 4.79 Å². The van der Waals surface area contributed by atoms with Gasteiger partial charge in [0.1, 0.15) is 18.6 Å². The normalized spacial score (nSPS) is 13.3. The van der Waals surface area contributed by atoms with Gasteiger partial charge in [-0.1, -0.05) is 62.1 Å². The van der Waals surface area contributed by atoms with Crippen LogP contribution >= 0.6 is 0 Å². The number of amides is 1. The number of alkyl carbamates (subject to hydrolysis) is 1. The van der Waals surface area contributed by atoms with Gasteiger partial charge in [-0.2, -0.15) is 0 Å². The van der Waals surface area contributed by atoms with Crippen molar-refractivity contribution in [3.05, 3.63) is 89.5 Å². The van der Waals surface area contributed by atoms with Gasteiger partial charge < -0.3 is 30.4 Å². The van der Waals surface area contributed by atoms with Crippen LogP contribution in [-0.2, 0) is 20.7 Å². The van der Waals surface area contributed by atoms with Crippen LogP contribution in [0.15, 0.2) is 72.8 Å². The molecule has 3 rings (SSSR count). The third-order valence-electron chi connectivity index (χ3n) is 5.51. The van der Waals surface area contributed by atoms with Crippen molar-refractivity contribution in [1.82, 2.24) is 5.32 Å². The van der Waals surface area contributed by atoms with E-state index in [1.807, 2.05) is 55.5 Å². The first-order valence-corrected chi connectivity index (χ1v) is 11.9. The lowest BCUT2D eigenvalue weighted by molar-refractivity contribution is -0.122. The Morgan fingerprint density at radius 1 is 1.19 bits per heavy atom. The van der Waals surface area contributed by atoms with Crippen LogP contribution < -0.4 is 10.6 Å². The number of hydrogen-bond donors (Lipinski definition) is 4. The van der Waals surface area contributed by atoms with E-state index in [0.29, 0.717) is 12.3 Å². The second-order valence-electron chi connectivity index (χ2n) is 7.75. The molecular formula is C29H36N2O6. The van der Waals surface area contributed by atoms with Crippen molar-refractivity contribution in [2.45, 2.75) is 32.6 Å². The molecule has 2 aromatic carbocycles. The summed E-state index contributed by atoms with van der Waals surface area (Å²) in [6.07, 6.45) is 7.39. The number of aromatic hydroxyl groups is 1. The van der Waals surface area contributed by atoms with E-state index in [0.717, 1.165) is 40.7 Å². The number of ether oxygens (including phenoxy) is 1. The number of anilines is 1. The molecule has 4 N–H and O–H groups in total. The number of phenolic OH excluding ortho intramolecular Hbond substituents is 1. The first-order valence-electron chi connectivity index (χ1n) is 11.9. The number of carboxylic acid groups (broad SMARTS) is 1. The van der Waals surface area contributed by atoms with Crippen molar-refractivity contribution in [2.75, 3.05) is 25.5 Å². The number of aryl methyl sites for hydroxylation is 1. The molecule has 8 heteroatoms. The fourth-order valence-corrected chi connectivity index (χ4v) is 3.80. The Bertz CT molecular complexity index is 1110. The zero-order valence-electron chi connectivity index (χ0n) is 21.6. The first-order chi connectivity index (χ1) is 17.9. The Labute approximate surface area is 218 Å². The second-order valence-corrected chi connectivity index (χ2v) is 7.75. The summed E-state index contributed by atoms with van der Waals surface area (Å²) in [5, 5.41) is 21.6. The predicted molar refractivity (Wildman–Crippen MR) is 147 cm³/mol. The summed E-state index contributed by atoms with van der Waals surface area (Å²) in [5.74, 6) is 0.303. The van der Waals surface area contributed by atoms with Crippen LogP contribution in [0.25, 0.3) is 5.57 Å². The standard InChI is InChI=1S/C19H21NO3.C9H13NO.CH2O2/c1-3-8-15-14(4-2)16-9-5-6-10-17(16)18(15)13-23-19(22)20-11-7-12-21;1-3-7-4-5-9(11)8(6-7)10-2;2-1-3/h3-6,8-10,12,18H,2,7,11,13H2,1H3,(H,20,22);4-6,10-11H,3H2,1-2H3;1H,(H,2,3)/b8-3-;;. The molecular weight excluding hydrogens is 472 g/mol. The number of nitrogens with one attached hydrogen (secondary N) is 2. The van der Waals surface area contributed by atoms with E-state index in [2.05, 4.69) is 30.2 Å². The minimum absolute atomic E-state index is 0.00720. The van der Waals surface area contributed by atoms with E-state index in [1.165, 1.54) is 5.56 Å². The van der Waals surface area contributed by atoms with Gasteiger partial charge in [0.15, 0.2) is 0 Å². The van der Waals surface area contributed by atoms with Crippen molar-refractivity contribution >= 4 is 30.1 Å². The average molecular weight is 509 g/mol. The highest BCUT2D eigenvalue weighted by atomic mass is 16.5. The summed E-state index contributed by atoms with van der Waals surface area (Å²) in [5.41, 5.74) is 6.47. The maximum absolute atomic E-state index is 11.7. The van der Waals surface area contributed by atoms with Crippen molar-refractivity contribution in [3.8, 4) is 5.75 Å². The molecule has 0 radical (unpaired) electrons. The van der Waals surface area contributed by atoms with E-state index in [1.54, 1.807) is 13.1 Å². The Kier molecular flexibility index (Phi) is 14.2. The fourth-order valence-electron chi connectivity index (χ4n) is 3.80. The molecule has 0 aliphatic heterocycles. The number of phenols is 1. The lowest BCUT2D eigenvalue weighted by Crippen LogP contribution is -2.27. The van der Waals surface area contributed by atoms with E-state index < -0.39 is 6.09 Å². The molecule has 1 amide bonds. The Hall–Kier alpha value is -4.33. The van der Waals surface area contributed by atoms with E-state index in [4.69, 9.17) is 14.6 Å². The van der Waals surface area contributed by atoms with E-state index in [9.17, 15) is 14.7 Å². The zero-order chi connectivity index (χ0) is 27.6. The number of aldehydes is 1. The molecule has 2 aromatic rings. The molecule has 8 nitrogen and oxygen atoms in total. The number of hydrogen-bond acceptors (Lipinski definition) is 6. The van der Waals surface area contributed by atoms with Gasteiger partial charge in [0.05, 0.1) is 5.69 Å². The highest BCUT2D eigenvalue weighted by Crippen LogP contribution is 2.43. The minimum Gasteiger partial charge on any atom is -0.506 e. The topological polar surface area (TPSA) is 125 Å². The summed E-state index contributed by atoms with van der Waals surface area (Å²) < 4.78 is 5.33. The van der Waals surface area contributed by atoms with Gasteiger partial charge in [-0.15, -0.1) is 0 Å². The maximum Gasteiger partial charge on any atom is 0.407 e. The van der Waals surface area contributed by atoms with Crippen LogP contribution in [0.1, 0.15) is 42.9 Å². The van der Waals surface area contributed by atoms with Gasteiger partial charge in [0.25, 0.3) is 6.47 Å². The largest absolute Gasteiger partial charge is 0.506 e. The van der Waals surface area contributed by atoms with Crippen molar-refractivity contribution in [2.24, 2.45) is 0 Å². The summed E-state index contributed by atoms with van der Waals surface area (Å²) in [6, 6.07) is 13.7. The van der Waals surface area contributed by atoms with Gasteiger partial charge >= 0.3 is 6.09 Å². The Balaban J connectivity index is 0.000000406. The molecule has 0 fully saturated rings. The second kappa shape index (κ2) is 17.2. The smallest absolute Gasteiger partial charge is 0.407 e. The fraction of sp³-hybridized carbons (Fsp3) is 0.276. The summed E-state index contributed by atoms with van der Waals surface area (Å²) >= 11 is 0. The monoisotopic (exact) mass is 508 g/mol. The van der Waals surface area contributed by atoms with Gasteiger partial charge in [0, 0.05) is 25.9 Å². The molecule has 1 aliphatic carbocycles. The van der Waals surface area contributed by atoms with E-state index >= 15 is 0 Å². The van der Waals surface area contributed by atoms with Crippen LogP contribution in [0.5, 0.6) is 5.75 Å². The molecule has 1 atom stereocenters. The maximum atomic E-state index is 11.7. The number of carbonyl (C=O) groups is 3. The Morgan fingerprint density at radius 3 is 2.49 bits per heavy atom. The van der Waals surface area contributed by atoms with Crippen LogP contribution in [0.3, 0.4) is 0 Å². The molecule has 0 aromatic heterocycles. The molecule has 37 heavy (non-hydrogen) atoms. The third kappa shape index (κ3) is 9.33. The highest BCUT2D eigenvalue weighted by molar-refractivity contribution is 5.86. The van der Waals surface area contributed by atoms with Crippen molar-refractivity contribution < 1.29 is 29.3 Å². The molecule has 0 heterocycles. The lowest BCUT2D eigenvalue weighted by atomic mass is 9.96. The number of fused-ring (bicyclic) bond motifs is 1. The molecule has 0 spiro atoms. The molecule has 0 saturated heterocycles. The zero-order valence-corrected chi connectivity index (χ0v) is 21.6. The number of benzene rings is 2. The van der Waals surface area contributed by atoms with Crippen molar-refractivity contribution in [3.63, 3.8) is 0 Å². The Morgan fingerprint density at radius 2 is 1.89 bits per heavy atom. The summed E-state index contributed by atoms with van der Waals surface area (Å²) in [6.45, 7) is 8.25. The molecule has 198 valence electrons. The molecule has 0 saturated carbocycles. The quantitative estimate of drug-likeness (QED) is 0.205.